The van der Waals surface area contributed by atoms with Crippen molar-refractivity contribution in [2.75, 3.05) is 19.0 Å². The molecule has 0 spiro atoms. The second-order valence-corrected chi connectivity index (χ2v) is 5.91. The highest BCUT2D eigenvalue weighted by Crippen LogP contribution is 2.15. The number of carbonyl (C=O) groups excluding carboxylic acids is 1. The quantitative estimate of drug-likeness (QED) is 0.518. The molecule has 0 radical (unpaired) electrons. The van der Waals surface area contributed by atoms with Gasteiger partial charge in [0.05, 0.1) is 0 Å². The number of Topliss-reactive ketones (excluding diaryl/α,β-unsaturated/α-hetero) is 1. The first-order valence-electron chi connectivity index (χ1n) is 8.01. The standard InChI is InChI=1S/C20H25NO/c1-21(2)19-15-13-18(14-16-19)20(22)12-8-4-7-11-17-9-5-3-6-10-17/h3,5-6,9-10,13-16H,4,7-8,11-12H2,1-2H3. The molecule has 2 rings (SSSR count). The molecule has 2 aromatic carbocycles. The third-order valence-electron chi connectivity index (χ3n) is 3.92. The Labute approximate surface area is 133 Å². The summed E-state index contributed by atoms with van der Waals surface area (Å²) in [5.74, 6) is 0.255. The van der Waals surface area contributed by atoms with Crippen molar-refractivity contribution in [2.24, 2.45) is 0 Å². The molecule has 22 heavy (non-hydrogen) atoms. The lowest BCUT2D eigenvalue weighted by atomic mass is 10.0. The second kappa shape index (κ2) is 8.38. The molecule has 0 saturated carbocycles. The number of carbonyl (C=O) groups is 1. The fraction of sp³-hybridized carbons (Fsp3) is 0.350. The molecule has 2 aromatic rings. The Morgan fingerprint density at radius 1 is 0.864 bits per heavy atom. The zero-order valence-electron chi connectivity index (χ0n) is 13.6. The summed E-state index contributed by atoms with van der Waals surface area (Å²) in [7, 11) is 4.01. The molecule has 0 aliphatic rings. The van der Waals surface area contributed by atoms with E-state index in [-0.39, 0.29) is 5.78 Å². The van der Waals surface area contributed by atoms with Crippen LogP contribution >= 0.6 is 0 Å². The van der Waals surface area contributed by atoms with Gasteiger partial charge in [-0.05, 0) is 49.1 Å². The van der Waals surface area contributed by atoms with Crippen LogP contribution in [0.25, 0.3) is 0 Å². The van der Waals surface area contributed by atoms with E-state index in [1.54, 1.807) is 0 Å². The van der Waals surface area contributed by atoms with Gasteiger partial charge in [-0.1, -0.05) is 36.8 Å². The summed E-state index contributed by atoms with van der Waals surface area (Å²) < 4.78 is 0. The van der Waals surface area contributed by atoms with E-state index in [4.69, 9.17) is 0 Å². The molecule has 0 aromatic heterocycles. The predicted molar refractivity (Wildman–Crippen MR) is 93.7 cm³/mol. The summed E-state index contributed by atoms with van der Waals surface area (Å²) >= 11 is 0. The normalized spacial score (nSPS) is 10.5. The number of hydrogen-bond donors (Lipinski definition) is 0. The monoisotopic (exact) mass is 295 g/mol. The molecule has 0 amide bonds. The molecule has 0 N–H and O–H groups in total. The molecule has 116 valence electrons. The molecule has 0 heterocycles. The molecule has 2 nitrogen and oxygen atoms in total. The van der Waals surface area contributed by atoms with E-state index in [9.17, 15) is 4.79 Å². The van der Waals surface area contributed by atoms with Crippen LogP contribution in [0.5, 0.6) is 0 Å². The van der Waals surface area contributed by atoms with Crippen molar-refractivity contribution < 1.29 is 4.79 Å². The maximum atomic E-state index is 12.1. The molecular weight excluding hydrogens is 270 g/mol. The van der Waals surface area contributed by atoms with Gasteiger partial charge in [0.2, 0.25) is 0 Å². The average molecular weight is 295 g/mol. The summed E-state index contributed by atoms with van der Waals surface area (Å²) in [6.45, 7) is 0. The van der Waals surface area contributed by atoms with Gasteiger partial charge in [-0.2, -0.15) is 0 Å². The molecule has 0 atom stereocenters. The Morgan fingerprint density at radius 3 is 2.18 bits per heavy atom. The Kier molecular flexibility index (Phi) is 6.20. The molecule has 0 saturated heterocycles. The zero-order chi connectivity index (χ0) is 15.8. The smallest absolute Gasteiger partial charge is 0.162 e. The van der Waals surface area contributed by atoms with Crippen LogP contribution < -0.4 is 4.90 Å². The average Bonchev–Trinajstić information content (AvgIpc) is 2.55. The van der Waals surface area contributed by atoms with Gasteiger partial charge >= 0.3 is 0 Å². The predicted octanol–water partition coefficient (Wildman–Crippen LogP) is 4.74. The Morgan fingerprint density at radius 2 is 1.55 bits per heavy atom. The summed E-state index contributed by atoms with van der Waals surface area (Å²) in [6.07, 6.45) is 4.98. The minimum Gasteiger partial charge on any atom is -0.378 e. The second-order valence-electron chi connectivity index (χ2n) is 5.91. The number of aryl methyl sites for hydroxylation is 1. The lowest BCUT2D eigenvalue weighted by molar-refractivity contribution is 0.0979. The van der Waals surface area contributed by atoms with Gasteiger partial charge in [0.1, 0.15) is 0 Å². The van der Waals surface area contributed by atoms with Crippen molar-refractivity contribution in [2.45, 2.75) is 32.1 Å². The SMILES string of the molecule is CN(C)c1ccc(C(=O)CCCCCc2ccccc2)cc1. The van der Waals surface area contributed by atoms with E-state index in [0.29, 0.717) is 6.42 Å². The Balaban J connectivity index is 1.69. The highest BCUT2D eigenvalue weighted by atomic mass is 16.1. The van der Waals surface area contributed by atoms with E-state index < -0.39 is 0 Å². The molecular formula is C20H25NO. The number of unbranched alkanes of at least 4 members (excludes halogenated alkanes) is 2. The molecule has 0 bridgehead atoms. The first-order chi connectivity index (χ1) is 10.7. The third-order valence-corrected chi connectivity index (χ3v) is 3.92. The highest BCUT2D eigenvalue weighted by Gasteiger charge is 2.06. The van der Waals surface area contributed by atoms with E-state index in [2.05, 4.69) is 24.3 Å². The first-order valence-corrected chi connectivity index (χ1v) is 8.01. The van der Waals surface area contributed by atoms with Crippen LogP contribution in [0.3, 0.4) is 0 Å². The molecule has 0 aliphatic carbocycles. The maximum absolute atomic E-state index is 12.1. The van der Waals surface area contributed by atoms with Gasteiger partial charge in [0.15, 0.2) is 5.78 Å². The van der Waals surface area contributed by atoms with Crippen molar-refractivity contribution in [3.63, 3.8) is 0 Å². The first kappa shape index (κ1) is 16.3. The Hall–Kier alpha value is -2.09. The van der Waals surface area contributed by atoms with E-state index in [1.807, 2.05) is 49.3 Å². The van der Waals surface area contributed by atoms with Crippen molar-refractivity contribution in [3.8, 4) is 0 Å². The third kappa shape index (κ3) is 5.03. The van der Waals surface area contributed by atoms with E-state index >= 15 is 0 Å². The number of benzene rings is 2. The summed E-state index contributed by atoms with van der Waals surface area (Å²) in [4.78, 5) is 14.2. The number of ketones is 1. The number of rotatable bonds is 8. The highest BCUT2D eigenvalue weighted by molar-refractivity contribution is 5.96. The van der Waals surface area contributed by atoms with Crippen LogP contribution in [-0.4, -0.2) is 19.9 Å². The molecule has 0 aliphatic heterocycles. The van der Waals surface area contributed by atoms with Crippen LogP contribution in [0.2, 0.25) is 0 Å². The number of nitrogens with zero attached hydrogens (tertiary/aromatic N) is 1. The van der Waals surface area contributed by atoms with Crippen molar-refractivity contribution in [3.05, 3.63) is 65.7 Å². The molecule has 2 heteroatoms. The lowest BCUT2D eigenvalue weighted by Crippen LogP contribution is -2.08. The van der Waals surface area contributed by atoms with Gasteiger partial charge in [0, 0.05) is 31.8 Å². The maximum Gasteiger partial charge on any atom is 0.162 e. The van der Waals surface area contributed by atoms with Gasteiger partial charge in [-0.25, -0.2) is 0 Å². The van der Waals surface area contributed by atoms with Gasteiger partial charge in [-0.3, -0.25) is 4.79 Å². The minimum absolute atomic E-state index is 0.255. The summed E-state index contributed by atoms with van der Waals surface area (Å²) in [5.41, 5.74) is 3.33. The molecule has 0 fully saturated rings. The fourth-order valence-corrected chi connectivity index (χ4v) is 2.53. The van der Waals surface area contributed by atoms with E-state index in [0.717, 1.165) is 36.9 Å². The topological polar surface area (TPSA) is 20.3 Å². The number of anilines is 1. The molecule has 0 unspecified atom stereocenters. The Bertz CT molecular complexity index is 572. The van der Waals surface area contributed by atoms with E-state index in [1.165, 1.54) is 5.56 Å². The summed E-state index contributed by atoms with van der Waals surface area (Å²) in [6, 6.07) is 18.4. The number of hydrogen-bond acceptors (Lipinski definition) is 2. The zero-order valence-corrected chi connectivity index (χ0v) is 13.6. The van der Waals surface area contributed by atoms with Crippen LogP contribution in [0, 0.1) is 0 Å². The minimum atomic E-state index is 0.255. The summed E-state index contributed by atoms with van der Waals surface area (Å²) in [5, 5.41) is 0. The van der Waals surface area contributed by atoms with Gasteiger partial charge in [-0.15, -0.1) is 0 Å². The van der Waals surface area contributed by atoms with Crippen LogP contribution in [0.1, 0.15) is 41.6 Å². The van der Waals surface area contributed by atoms with Crippen molar-refractivity contribution in [1.29, 1.82) is 0 Å². The van der Waals surface area contributed by atoms with Crippen molar-refractivity contribution >= 4 is 11.5 Å². The van der Waals surface area contributed by atoms with Gasteiger partial charge in [0.25, 0.3) is 0 Å². The van der Waals surface area contributed by atoms with Crippen LogP contribution in [0.15, 0.2) is 54.6 Å². The van der Waals surface area contributed by atoms with Crippen molar-refractivity contribution in [1.82, 2.24) is 0 Å². The van der Waals surface area contributed by atoms with Crippen LogP contribution in [-0.2, 0) is 6.42 Å². The van der Waals surface area contributed by atoms with Gasteiger partial charge < -0.3 is 4.90 Å². The fourth-order valence-electron chi connectivity index (χ4n) is 2.53. The van der Waals surface area contributed by atoms with Crippen LogP contribution in [0.4, 0.5) is 5.69 Å². The lowest BCUT2D eigenvalue weighted by Gasteiger charge is -2.12. The largest absolute Gasteiger partial charge is 0.378 e.